The van der Waals surface area contributed by atoms with Gasteiger partial charge in [-0.25, -0.2) is 0 Å². The van der Waals surface area contributed by atoms with Crippen LogP contribution < -0.4 is 4.90 Å². The summed E-state index contributed by atoms with van der Waals surface area (Å²) in [5.41, 5.74) is 1.88. The summed E-state index contributed by atoms with van der Waals surface area (Å²) in [6.07, 6.45) is 0. The molecule has 1 amide bonds. The number of anilines is 1. The highest BCUT2D eigenvalue weighted by atomic mass is 16.3. The molecular formula is C23H21NO2. The van der Waals surface area contributed by atoms with Gasteiger partial charge in [0.25, 0.3) is 5.91 Å². The van der Waals surface area contributed by atoms with Crippen molar-refractivity contribution in [1.82, 2.24) is 0 Å². The van der Waals surface area contributed by atoms with Crippen molar-refractivity contribution in [2.24, 2.45) is 0 Å². The lowest BCUT2D eigenvalue weighted by molar-refractivity contribution is -0.138. The van der Waals surface area contributed by atoms with Crippen molar-refractivity contribution in [1.29, 1.82) is 0 Å². The van der Waals surface area contributed by atoms with Gasteiger partial charge in [0.1, 0.15) is 0 Å². The topological polar surface area (TPSA) is 40.5 Å². The molecule has 3 aromatic carbocycles. The summed E-state index contributed by atoms with van der Waals surface area (Å²) in [5.74, 6) is -0.614. The monoisotopic (exact) mass is 343 g/mol. The number of nitrogens with zero attached hydrogens (tertiary/aromatic N) is 1. The number of benzene rings is 3. The third-order valence-electron chi connectivity index (χ3n) is 5.29. The van der Waals surface area contributed by atoms with Gasteiger partial charge in [-0.15, -0.1) is 0 Å². The van der Waals surface area contributed by atoms with Crippen molar-refractivity contribution in [3.63, 3.8) is 0 Å². The van der Waals surface area contributed by atoms with E-state index >= 15 is 0 Å². The van der Waals surface area contributed by atoms with E-state index in [1.54, 1.807) is 4.90 Å². The standard InChI is InChI=1S/C23H21NO2/c1-17(19-12-6-3-7-13-19)23(26)20-14-8-9-15-21(20)24(22(23)25)16-18-10-4-2-5-11-18/h2-15,17,26H,16H2,1H3/t17-,23+/m0/s1. The van der Waals surface area contributed by atoms with Crippen LogP contribution >= 0.6 is 0 Å². The number of para-hydroxylation sites is 1. The first kappa shape index (κ1) is 16.6. The van der Waals surface area contributed by atoms with Crippen molar-refractivity contribution >= 4 is 11.6 Å². The van der Waals surface area contributed by atoms with Crippen LogP contribution in [0.2, 0.25) is 0 Å². The van der Waals surface area contributed by atoms with Crippen LogP contribution in [0.5, 0.6) is 0 Å². The number of hydrogen-bond acceptors (Lipinski definition) is 2. The molecule has 26 heavy (non-hydrogen) atoms. The summed E-state index contributed by atoms with van der Waals surface area (Å²) in [6.45, 7) is 2.36. The third-order valence-corrected chi connectivity index (χ3v) is 5.29. The average Bonchev–Trinajstić information content (AvgIpc) is 2.92. The van der Waals surface area contributed by atoms with Gasteiger partial charge in [0.05, 0.1) is 12.2 Å². The van der Waals surface area contributed by atoms with Gasteiger partial charge in [-0.1, -0.05) is 85.8 Å². The molecular weight excluding hydrogens is 322 g/mol. The van der Waals surface area contributed by atoms with E-state index in [9.17, 15) is 9.90 Å². The minimum absolute atomic E-state index is 0.265. The molecule has 0 saturated heterocycles. The maximum atomic E-state index is 13.4. The molecule has 0 saturated carbocycles. The summed E-state index contributed by atoms with van der Waals surface area (Å²) in [6, 6.07) is 27.1. The van der Waals surface area contributed by atoms with E-state index in [2.05, 4.69) is 0 Å². The van der Waals surface area contributed by atoms with Crippen LogP contribution in [0.15, 0.2) is 84.9 Å². The maximum absolute atomic E-state index is 13.4. The van der Waals surface area contributed by atoms with Gasteiger partial charge in [-0.2, -0.15) is 0 Å². The molecule has 3 nitrogen and oxygen atoms in total. The third kappa shape index (κ3) is 2.52. The van der Waals surface area contributed by atoms with Crippen LogP contribution in [0, 0.1) is 0 Å². The molecule has 3 aromatic rings. The average molecular weight is 343 g/mol. The van der Waals surface area contributed by atoms with E-state index in [1.165, 1.54) is 0 Å². The maximum Gasteiger partial charge on any atom is 0.264 e. The summed E-state index contributed by atoms with van der Waals surface area (Å²) in [7, 11) is 0. The highest BCUT2D eigenvalue weighted by molar-refractivity contribution is 6.07. The minimum atomic E-state index is -1.56. The summed E-state index contributed by atoms with van der Waals surface area (Å²) < 4.78 is 0. The van der Waals surface area contributed by atoms with E-state index in [0.717, 1.165) is 16.8 Å². The van der Waals surface area contributed by atoms with Gasteiger partial charge >= 0.3 is 0 Å². The Labute approximate surface area is 153 Å². The Morgan fingerprint density at radius 3 is 2.15 bits per heavy atom. The minimum Gasteiger partial charge on any atom is -0.375 e. The Kier molecular flexibility index (Phi) is 4.09. The highest BCUT2D eigenvalue weighted by Gasteiger charge is 2.53. The number of carbonyl (C=O) groups excluding carboxylic acids is 1. The SMILES string of the molecule is C[C@@H](c1ccccc1)[C@]1(O)C(=O)N(Cc2ccccc2)c2ccccc21. The Bertz CT molecular complexity index is 923. The molecule has 3 heteroatoms. The molecule has 1 heterocycles. The van der Waals surface area contributed by atoms with Crippen LogP contribution in [-0.4, -0.2) is 11.0 Å². The second kappa shape index (κ2) is 6.43. The number of rotatable bonds is 4. The van der Waals surface area contributed by atoms with Gasteiger partial charge in [0, 0.05) is 11.5 Å². The Morgan fingerprint density at radius 1 is 0.885 bits per heavy atom. The molecule has 0 unspecified atom stereocenters. The molecule has 1 N–H and O–H groups in total. The van der Waals surface area contributed by atoms with Crippen LogP contribution in [0.1, 0.15) is 29.5 Å². The molecule has 0 fully saturated rings. The summed E-state index contributed by atoms with van der Waals surface area (Å²) >= 11 is 0. The second-order valence-corrected chi connectivity index (χ2v) is 6.79. The van der Waals surface area contributed by atoms with Gasteiger partial charge in [-0.05, 0) is 17.2 Å². The van der Waals surface area contributed by atoms with E-state index in [0.29, 0.717) is 12.1 Å². The molecule has 0 aromatic heterocycles. The van der Waals surface area contributed by atoms with Gasteiger partial charge in [-0.3, -0.25) is 4.79 Å². The quantitative estimate of drug-likeness (QED) is 0.770. The van der Waals surface area contributed by atoms with Crippen LogP contribution in [0.25, 0.3) is 0 Å². The smallest absolute Gasteiger partial charge is 0.264 e. The summed E-state index contributed by atoms with van der Waals surface area (Å²) in [4.78, 5) is 15.1. The van der Waals surface area contributed by atoms with Gasteiger partial charge in [0.2, 0.25) is 0 Å². The van der Waals surface area contributed by atoms with E-state index in [1.807, 2.05) is 91.9 Å². The zero-order valence-corrected chi connectivity index (χ0v) is 14.7. The Morgan fingerprint density at radius 2 is 1.46 bits per heavy atom. The highest BCUT2D eigenvalue weighted by Crippen LogP contribution is 2.48. The number of amides is 1. The molecule has 0 bridgehead atoms. The number of aliphatic hydroxyl groups is 1. The van der Waals surface area contributed by atoms with Crippen molar-refractivity contribution < 1.29 is 9.90 Å². The second-order valence-electron chi connectivity index (χ2n) is 6.79. The molecule has 1 aliphatic rings. The molecule has 4 rings (SSSR count). The van der Waals surface area contributed by atoms with Crippen LogP contribution in [-0.2, 0) is 16.9 Å². The lowest BCUT2D eigenvalue weighted by atomic mass is 9.79. The van der Waals surface area contributed by atoms with Crippen molar-refractivity contribution in [3.8, 4) is 0 Å². The fraction of sp³-hybridized carbons (Fsp3) is 0.174. The molecule has 2 atom stereocenters. The molecule has 0 spiro atoms. The normalized spacial score (nSPS) is 20.1. The fourth-order valence-corrected chi connectivity index (χ4v) is 3.79. The van der Waals surface area contributed by atoms with Gasteiger partial charge in [0.15, 0.2) is 5.60 Å². The number of hydrogen-bond donors (Lipinski definition) is 1. The molecule has 0 radical (unpaired) electrons. The Hall–Kier alpha value is -2.91. The van der Waals surface area contributed by atoms with Crippen molar-refractivity contribution in [2.75, 3.05) is 4.90 Å². The lowest BCUT2D eigenvalue weighted by Crippen LogP contribution is -2.43. The van der Waals surface area contributed by atoms with E-state index < -0.39 is 5.60 Å². The first-order valence-electron chi connectivity index (χ1n) is 8.85. The van der Waals surface area contributed by atoms with E-state index in [-0.39, 0.29) is 11.8 Å². The predicted molar refractivity (Wildman–Crippen MR) is 103 cm³/mol. The van der Waals surface area contributed by atoms with Crippen molar-refractivity contribution in [3.05, 3.63) is 102 Å². The zero-order valence-electron chi connectivity index (χ0n) is 14.7. The first-order chi connectivity index (χ1) is 12.6. The number of carbonyl (C=O) groups is 1. The zero-order chi connectivity index (χ0) is 18.1. The molecule has 0 aliphatic carbocycles. The largest absolute Gasteiger partial charge is 0.375 e. The van der Waals surface area contributed by atoms with Crippen molar-refractivity contribution in [2.45, 2.75) is 25.0 Å². The Balaban J connectivity index is 1.78. The number of fused-ring (bicyclic) bond motifs is 1. The molecule has 1 aliphatic heterocycles. The fourth-order valence-electron chi connectivity index (χ4n) is 3.79. The van der Waals surface area contributed by atoms with Crippen LogP contribution in [0.3, 0.4) is 0 Å². The van der Waals surface area contributed by atoms with Crippen LogP contribution in [0.4, 0.5) is 5.69 Å². The molecule has 130 valence electrons. The predicted octanol–water partition coefficient (Wildman–Crippen LogP) is 4.22. The lowest BCUT2D eigenvalue weighted by Gasteiger charge is -2.30. The van der Waals surface area contributed by atoms with E-state index in [4.69, 9.17) is 0 Å². The van der Waals surface area contributed by atoms with Gasteiger partial charge < -0.3 is 10.0 Å². The first-order valence-corrected chi connectivity index (χ1v) is 8.85. The summed E-state index contributed by atoms with van der Waals surface area (Å²) in [5, 5.41) is 11.6.